The van der Waals surface area contributed by atoms with Crippen molar-refractivity contribution in [1.29, 1.82) is 0 Å². The topological polar surface area (TPSA) is 61.4 Å². The normalized spacial score (nSPS) is 13.5. The predicted molar refractivity (Wildman–Crippen MR) is 99.2 cm³/mol. The molecule has 2 amide bonds. The number of carbonyl (C=O) groups excluding carboxylic acids is 2. The highest BCUT2D eigenvalue weighted by atomic mass is 19.1. The summed E-state index contributed by atoms with van der Waals surface area (Å²) in [4.78, 5) is 25.5. The van der Waals surface area contributed by atoms with Gasteiger partial charge in [-0.2, -0.15) is 0 Å². The Morgan fingerprint density at radius 2 is 1.58 bits per heavy atom. The van der Waals surface area contributed by atoms with E-state index >= 15 is 0 Å². The first-order chi connectivity index (χ1) is 12.5. The van der Waals surface area contributed by atoms with Gasteiger partial charge in [0.25, 0.3) is 0 Å². The highest BCUT2D eigenvalue weighted by Crippen LogP contribution is 2.28. The van der Waals surface area contributed by atoms with Crippen LogP contribution in [-0.2, 0) is 16.1 Å². The van der Waals surface area contributed by atoms with Crippen molar-refractivity contribution in [1.82, 2.24) is 4.90 Å². The van der Waals surface area contributed by atoms with Crippen LogP contribution in [0.1, 0.15) is 25.3 Å². The largest absolute Gasteiger partial charge is 0.326 e. The van der Waals surface area contributed by atoms with Gasteiger partial charge in [0.1, 0.15) is 5.82 Å². The number of halogens is 1. The minimum absolute atomic E-state index is 0.0914. The van der Waals surface area contributed by atoms with Crippen LogP contribution < -0.4 is 10.6 Å². The van der Waals surface area contributed by atoms with E-state index in [1.165, 1.54) is 19.1 Å². The van der Waals surface area contributed by atoms with Gasteiger partial charge in [-0.25, -0.2) is 4.39 Å². The zero-order chi connectivity index (χ0) is 18.5. The minimum Gasteiger partial charge on any atom is -0.326 e. The van der Waals surface area contributed by atoms with Crippen molar-refractivity contribution in [2.24, 2.45) is 0 Å². The predicted octanol–water partition coefficient (Wildman–Crippen LogP) is 3.39. The number of carbonyl (C=O) groups is 2. The van der Waals surface area contributed by atoms with Gasteiger partial charge in [-0.1, -0.05) is 12.1 Å². The summed E-state index contributed by atoms with van der Waals surface area (Å²) in [5.41, 5.74) is 2.36. The second kappa shape index (κ2) is 8.10. The van der Waals surface area contributed by atoms with Crippen LogP contribution in [0.15, 0.2) is 48.5 Å². The maximum Gasteiger partial charge on any atom is 0.238 e. The molecule has 1 aliphatic carbocycles. The Kier molecular flexibility index (Phi) is 5.63. The number of amides is 2. The van der Waals surface area contributed by atoms with E-state index in [-0.39, 0.29) is 24.2 Å². The lowest BCUT2D eigenvalue weighted by molar-refractivity contribution is -0.117. The Labute approximate surface area is 152 Å². The molecule has 0 heterocycles. The molecule has 1 fully saturated rings. The maximum absolute atomic E-state index is 13.0. The lowest BCUT2D eigenvalue weighted by Gasteiger charge is -2.21. The smallest absolute Gasteiger partial charge is 0.238 e. The van der Waals surface area contributed by atoms with Gasteiger partial charge < -0.3 is 10.6 Å². The van der Waals surface area contributed by atoms with Crippen LogP contribution in [0.5, 0.6) is 0 Å². The number of benzene rings is 2. The zero-order valence-corrected chi connectivity index (χ0v) is 14.7. The third-order valence-electron chi connectivity index (χ3n) is 4.20. The summed E-state index contributed by atoms with van der Waals surface area (Å²) in [5, 5.41) is 5.56. The molecular formula is C20H22FN3O2. The van der Waals surface area contributed by atoms with Crippen molar-refractivity contribution in [2.45, 2.75) is 32.4 Å². The Morgan fingerprint density at radius 3 is 2.12 bits per heavy atom. The van der Waals surface area contributed by atoms with Crippen molar-refractivity contribution >= 4 is 23.2 Å². The molecule has 0 atom stereocenters. The van der Waals surface area contributed by atoms with Gasteiger partial charge >= 0.3 is 0 Å². The summed E-state index contributed by atoms with van der Waals surface area (Å²) in [5.74, 6) is -0.485. The molecule has 0 saturated heterocycles. The molecule has 26 heavy (non-hydrogen) atoms. The van der Waals surface area contributed by atoms with E-state index in [9.17, 15) is 14.0 Å². The summed E-state index contributed by atoms with van der Waals surface area (Å²) in [6.07, 6.45) is 2.17. The number of nitrogens with zero attached hydrogens (tertiary/aromatic N) is 1. The van der Waals surface area contributed by atoms with Crippen LogP contribution in [0.4, 0.5) is 15.8 Å². The molecule has 6 heteroatoms. The Bertz CT molecular complexity index is 771. The molecule has 0 bridgehead atoms. The third kappa shape index (κ3) is 5.39. The van der Waals surface area contributed by atoms with Crippen LogP contribution >= 0.6 is 0 Å². The maximum atomic E-state index is 13.0. The highest BCUT2D eigenvalue weighted by molar-refractivity contribution is 5.93. The van der Waals surface area contributed by atoms with Crippen molar-refractivity contribution in [3.05, 3.63) is 59.9 Å². The molecule has 0 radical (unpaired) electrons. The van der Waals surface area contributed by atoms with Crippen molar-refractivity contribution in [2.75, 3.05) is 17.2 Å². The summed E-state index contributed by atoms with van der Waals surface area (Å²) >= 11 is 0. The molecule has 136 valence electrons. The Balaban J connectivity index is 1.56. The van der Waals surface area contributed by atoms with Crippen LogP contribution in [0.3, 0.4) is 0 Å². The van der Waals surface area contributed by atoms with E-state index in [0.29, 0.717) is 24.0 Å². The van der Waals surface area contributed by atoms with Crippen LogP contribution in [0.2, 0.25) is 0 Å². The molecular weight excluding hydrogens is 333 g/mol. The van der Waals surface area contributed by atoms with Gasteiger partial charge in [-0.05, 0) is 54.8 Å². The fourth-order valence-corrected chi connectivity index (χ4v) is 2.80. The molecule has 0 aliphatic heterocycles. The van der Waals surface area contributed by atoms with Gasteiger partial charge in [0, 0.05) is 30.9 Å². The average molecular weight is 355 g/mol. The highest BCUT2D eigenvalue weighted by Gasteiger charge is 2.30. The monoisotopic (exact) mass is 355 g/mol. The van der Waals surface area contributed by atoms with Crippen molar-refractivity contribution < 1.29 is 14.0 Å². The van der Waals surface area contributed by atoms with E-state index in [0.717, 1.165) is 18.4 Å². The van der Waals surface area contributed by atoms with E-state index in [1.807, 2.05) is 0 Å². The van der Waals surface area contributed by atoms with Crippen LogP contribution in [0.25, 0.3) is 0 Å². The lowest BCUT2D eigenvalue weighted by atomic mass is 10.2. The molecule has 2 aromatic carbocycles. The summed E-state index contributed by atoms with van der Waals surface area (Å²) < 4.78 is 13.0. The van der Waals surface area contributed by atoms with Gasteiger partial charge in [0.2, 0.25) is 11.8 Å². The first-order valence-electron chi connectivity index (χ1n) is 8.65. The average Bonchev–Trinajstić information content (AvgIpc) is 3.42. The Morgan fingerprint density at radius 1 is 1.00 bits per heavy atom. The molecule has 0 aromatic heterocycles. The minimum atomic E-state index is -0.257. The quantitative estimate of drug-likeness (QED) is 0.800. The SMILES string of the molecule is CC(=O)Nc1ccc(NC(=O)CN(Cc2ccc(F)cc2)C2CC2)cc1. The summed E-state index contributed by atoms with van der Waals surface area (Å²) in [6, 6.07) is 13.8. The van der Waals surface area contributed by atoms with E-state index < -0.39 is 0 Å². The second-order valence-corrected chi connectivity index (χ2v) is 6.57. The molecule has 0 unspecified atom stereocenters. The standard InChI is InChI=1S/C20H22FN3O2/c1-14(25)22-17-6-8-18(9-7-17)23-20(26)13-24(19-10-11-19)12-15-2-4-16(21)5-3-15/h2-9,19H,10-13H2,1H3,(H,22,25)(H,23,26). The lowest BCUT2D eigenvalue weighted by Crippen LogP contribution is -2.34. The molecule has 1 saturated carbocycles. The second-order valence-electron chi connectivity index (χ2n) is 6.57. The molecule has 2 aromatic rings. The third-order valence-corrected chi connectivity index (χ3v) is 4.20. The fourth-order valence-electron chi connectivity index (χ4n) is 2.80. The van der Waals surface area contributed by atoms with Crippen LogP contribution in [-0.4, -0.2) is 29.3 Å². The number of anilines is 2. The molecule has 5 nitrogen and oxygen atoms in total. The molecule has 3 rings (SSSR count). The number of hydrogen-bond acceptors (Lipinski definition) is 3. The molecule has 1 aliphatic rings. The first-order valence-corrected chi connectivity index (χ1v) is 8.65. The summed E-state index contributed by atoms with van der Waals surface area (Å²) in [6.45, 7) is 2.36. The van der Waals surface area contributed by atoms with Crippen LogP contribution in [0, 0.1) is 5.82 Å². The van der Waals surface area contributed by atoms with Crippen molar-refractivity contribution in [3.63, 3.8) is 0 Å². The van der Waals surface area contributed by atoms with Gasteiger partial charge in [-0.3, -0.25) is 14.5 Å². The fraction of sp³-hybridized carbons (Fsp3) is 0.300. The zero-order valence-electron chi connectivity index (χ0n) is 14.7. The van der Waals surface area contributed by atoms with Crippen molar-refractivity contribution in [3.8, 4) is 0 Å². The number of rotatable bonds is 7. The van der Waals surface area contributed by atoms with E-state index in [2.05, 4.69) is 15.5 Å². The van der Waals surface area contributed by atoms with Gasteiger partial charge in [-0.15, -0.1) is 0 Å². The molecule has 0 spiro atoms. The van der Waals surface area contributed by atoms with Gasteiger partial charge in [0.05, 0.1) is 6.54 Å². The van der Waals surface area contributed by atoms with E-state index in [4.69, 9.17) is 0 Å². The van der Waals surface area contributed by atoms with E-state index in [1.54, 1.807) is 36.4 Å². The summed E-state index contributed by atoms with van der Waals surface area (Å²) in [7, 11) is 0. The first kappa shape index (κ1) is 18.1. The number of nitrogens with one attached hydrogen (secondary N) is 2. The Hall–Kier alpha value is -2.73. The number of hydrogen-bond donors (Lipinski definition) is 2. The molecule has 2 N–H and O–H groups in total. The van der Waals surface area contributed by atoms with Gasteiger partial charge in [0.15, 0.2) is 0 Å².